The van der Waals surface area contributed by atoms with Gasteiger partial charge in [-0.1, -0.05) is 84.9 Å². The zero-order valence-electron chi connectivity index (χ0n) is 35.0. The van der Waals surface area contributed by atoms with Crippen LogP contribution in [0.25, 0.3) is 154 Å². The van der Waals surface area contributed by atoms with Gasteiger partial charge in [-0.2, -0.15) is 0 Å². The Bertz CT molecular complexity index is 4360. The first kappa shape index (κ1) is 34.5. The number of furan rings is 4. The molecule has 6 heteroatoms. The lowest BCUT2D eigenvalue weighted by Gasteiger charge is -2.08. The molecule has 6 heterocycles. The van der Waals surface area contributed by atoms with Gasteiger partial charge in [0.15, 0.2) is 0 Å². The second-order valence-electron chi connectivity index (χ2n) is 17.6. The first-order chi connectivity index (χ1) is 32.7. The normalized spacial score (nSPS) is 12.5. The van der Waals surface area contributed by atoms with E-state index in [-0.39, 0.29) is 0 Å². The molecule has 0 bridgehead atoms. The molecule has 0 aliphatic heterocycles. The van der Waals surface area contributed by atoms with Crippen LogP contribution in [0.1, 0.15) is 0 Å². The lowest BCUT2D eigenvalue weighted by molar-refractivity contribution is 0.663. The van der Waals surface area contributed by atoms with E-state index in [1.807, 2.05) is 24.3 Å². The minimum Gasteiger partial charge on any atom is -0.456 e. The number of rotatable bonds is 3. The molecular formula is C60H32N2O4. The van der Waals surface area contributed by atoms with Crippen LogP contribution >= 0.6 is 0 Å². The van der Waals surface area contributed by atoms with E-state index in [1.165, 1.54) is 43.6 Å². The third kappa shape index (κ3) is 4.49. The molecule has 0 saturated carbocycles. The zero-order chi connectivity index (χ0) is 42.8. The smallest absolute Gasteiger partial charge is 0.136 e. The van der Waals surface area contributed by atoms with Gasteiger partial charge in [0.1, 0.15) is 44.7 Å². The van der Waals surface area contributed by atoms with Crippen molar-refractivity contribution in [1.29, 1.82) is 0 Å². The average molecular weight is 845 g/mol. The van der Waals surface area contributed by atoms with Crippen LogP contribution in [0, 0.1) is 0 Å². The van der Waals surface area contributed by atoms with Gasteiger partial charge in [-0.15, -0.1) is 0 Å². The largest absolute Gasteiger partial charge is 0.456 e. The highest BCUT2D eigenvalue weighted by molar-refractivity contribution is 6.28. The summed E-state index contributed by atoms with van der Waals surface area (Å²) in [6, 6.07) is 68.7. The molecule has 6 nitrogen and oxygen atoms in total. The van der Waals surface area contributed by atoms with E-state index >= 15 is 0 Å². The molecule has 0 spiro atoms. The van der Waals surface area contributed by atoms with E-state index in [4.69, 9.17) is 17.7 Å². The van der Waals surface area contributed by atoms with Crippen LogP contribution in [0.3, 0.4) is 0 Å². The van der Waals surface area contributed by atoms with Gasteiger partial charge in [-0.25, -0.2) is 0 Å². The maximum atomic E-state index is 6.59. The molecule has 306 valence electrons. The molecule has 16 aromatic rings. The number of aromatic nitrogens is 2. The second-order valence-corrected chi connectivity index (χ2v) is 17.6. The van der Waals surface area contributed by atoms with Crippen molar-refractivity contribution in [2.75, 3.05) is 0 Å². The molecule has 0 amide bonds. The summed E-state index contributed by atoms with van der Waals surface area (Å²) < 4.78 is 31.1. The molecule has 0 aliphatic rings. The average Bonchev–Trinajstić information content (AvgIpc) is 4.22. The molecule has 16 rings (SSSR count). The molecule has 10 aromatic carbocycles. The summed E-state index contributed by atoms with van der Waals surface area (Å²) in [5, 5.41) is 13.3. The summed E-state index contributed by atoms with van der Waals surface area (Å²) in [5.41, 5.74) is 15.6. The molecule has 0 fully saturated rings. The Hall–Kier alpha value is -9.00. The first-order valence-electron chi connectivity index (χ1n) is 22.3. The predicted molar refractivity (Wildman–Crippen MR) is 270 cm³/mol. The van der Waals surface area contributed by atoms with Crippen molar-refractivity contribution in [3.05, 3.63) is 194 Å². The second kappa shape index (κ2) is 12.4. The summed E-state index contributed by atoms with van der Waals surface area (Å²) in [5.74, 6) is 0. The molecule has 0 aliphatic carbocycles. The van der Waals surface area contributed by atoms with Crippen molar-refractivity contribution in [3.8, 4) is 22.5 Å². The van der Waals surface area contributed by atoms with Crippen LogP contribution in [0.15, 0.2) is 212 Å². The van der Waals surface area contributed by atoms with Gasteiger partial charge in [0.25, 0.3) is 0 Å². The molecule has 0 atom stereocenters. The number of fused-ring (bicyclic) bond motifs is 20. The van der Waals surface area contributed by atoms with E-state index in [0.29, 0.717) is 0 Å². The highest BCUT2D eigenvalue weighted by Gasteiger charge is 2.22. The molecule has 0 saturated heterocycles. The third-order valence-electron chi connectivity index (χ3n) is 14.1. The maximum absolute atomic E-state index is 6.59. The van der Waals surface area contributed by atoms with E-state index in [1.54, 1.807) is 0 Å². The molecule has 0 N–H and O–H groups in total. The van der Waals surface area contributed by atoms with Gasteiger partial charge < -0.3 is 26.8 Å². The van der Waals surface area contributed by atoms with Crippen LogP contribution in [0.5, 0.6) is 0 Å². The summed E-state index contributed by atoms with van der Waals surface area (Å²) in [6.45, 7) is 0. The number of hydrogen-bond donors (Lipinski definition) is 0. The SMILES string of the molecule is c1ccc2c(c1)c1ccccc1n2-c1ccc2oc3ccc4oc5ccc(-c6ccc7oc8ccc9oc%10ccc(-n%11c%12ccccc%12c%12ccccc%12%11)cc%10c9c8c7c6)cc5c4c3c2c1. The van der Waals surface area contributed by atoms with E-state index < -0.39 is 0 Å². The van der Waals surface area contributed by atoms with Crippen LogP contribution in [0.2, 0.25) is 0 Å². The van der Waals surface area contributed by atoms with Gasteiger partial charge >= 0.3 is 0 Å². The molecular weight excluding hydrogens is 813 g/mol. The summed E-state index contributed by atoms with van der Waals surface area (Å²) >= 11 is 0. The van der Waals surface area contributed by atoms with Gasteiger partial charge in [0, 0.05) is 76.0 Å². The Labute approximate surface area is 373 Å². The molecule has 6 aromatic heterocycles. The van der Waals surface area contributed by atoms with Crippen molar-refractivity contribution >= 4 is 131 Å². The summed E-state index contributed by atoms with van der Waals surface area (Å²) in [7, 11) is 0. The van der Waals surface area contributed by atoms with Crippen LogP contribution in [0.4, 0.5) is 0 Å². The third-order valence-corrected chi connectivity index (χ3v) is 14.1. The Kier molecular flexibility index (Phi) is 6.47. The minimum absolute atomic E-state index is 0.824. The highest BCUT2D eigenvalue weighted by atomic mass is 16.3. The number of para-hydroxylation sites is 4. The molecule has 66 heavy (non-hydrogen) atoms. The van der Waals surface area contributed by atoms with E-state index in [9.17, 15) is 0 Å². The predicted octanol–water partition coefficient (Wildman–Crippen LogP) is 17.1. The van der Waals surface area contributed by atoms with Crippen LogP contribution in [-0.2, 0) is 0 Å². The number of benzene rings is 10. The number of nitrogens with zero attached hydrogens (tertiary/aromatic N) is 2. The van der Waals surface area contributed by atoms with Crippen LogP contribution < -0.4 is 0 Å². The minimum atomic E-state index is 0.824. The van der Waals surface area contributed by atoms with Gasteiger partial charge in [0.05, 0.1) is 22.1 Å². The summed E-state index contributed by atoms with van der Waals surface area (Å²) in [6.07, 6.45) is 0. The zero-order valence-corrected chi connectivity index (χ0v) is 35.0. The van der Waals surface area contributed by atoms with Crippen molar-refractivity contribution in [2.45, 2.75) is 0 Å². The van der Waals surface area contributed by atoms with Crippen LogP contribution in [-0.4, -0.2) is 9.13 Å². The van der Waals surface area contributed by atoms with Crippen molar-refractivity contribution in [2.24, 2.45) is 0 Å². The van der Waals surface area contributed by atoms with E-state index in [2.05, 4.69) is 179 Å². The lowest BCUT2D eigenvalue weighted by Crippen LogP contribution is -1.93. The first-order valence-corrected chi connectivity index (χ1v) is 22.3. The van der Waals surface area contributed by atoms with E-state index in [0.717, 1.165) is 110 Å². The fourth-order valence-corrected chi connectivity index (χ4v) is 11.3. The number of hydrogen-bond acceptors (Lipinski definition) is 4. The Balaban J connectivity index is 0.889. The highest BCUT2D eigenvalue weighted by Crippen LogP contribution is 2.45. The molecule has 0 unspecified atom stereocenters. The monoisotopic (exact) mass is 844 g/mol. The maximum Gasteiger partial charge on any atom is 0.136 e. The fourth-order valence-electron chi connectivity index (χ4n) is 11.3. The summed E-state index contributed by atoms with van der Waals surface area (Å²) in [4.78, 5) is 0. The topological polar surface area (TPSA) is 62.4 Å². The van der Waals surface area contributed by atoms with Gasteiger partial charge in [0.2, 0.25) is 0 Å². The Morgan fingerprint density at radius 3 is 0.833 bits per heavy atom. The standard InChI is InChI=1S/C60H32N2O4/c1-5-13-45-37(9-1)38-10-2-6-14-46(38)61(45)35-19-23-51-43(31-35)59-55(65-51)27-25-53-57(59)41-29-33(17-21-49(41)63-53)34-18-22-50-42(30-34)58-54(64-50)26-28-56-60(58)44-32-36(20-24-52(44)66-56)62-47-15-7-3-11-39(47)40-12-4-8-16-48(40)62/h1-32H. The van der Waals surface area contributed by atoms with Crippen molar-refractivity contribution in [1.82, 2.24) is 9.13 Å². The van der Waals surface area contributed by atoms with Crippen molar-refractivity contribution < 1.29 is 17.7 Å². The molecule has 0 radical (unpaired) electrons. The Morgan fingerprint density at radius 1 is 0.227 bits per heavy atom. The van der Waals surface area contributed by atoms with Crippen molar-refractivity contribution in [3.63, 3.8) is 0 Å². The van der Waals surface area contributed by atoms with Gasteiger partial charge in [-0.3, -0.25) is 0 Å². The van der Waals surface area contributed by atoms with Gasteiger partial charge in [-0.05, 0) is 120 Å². The fraction of sp³-hybridized carbons (Fsp3) is 0. The Morgan fingerprint density at radius 2 is 0.500 bits per heavy atom. The quantitative estimate of drug-likeness (QED) is 0.178. The lowest BCUT2D eigenvalue weighted by atomic mass is 9.98.